The molecule has 0 saturated heterocycles. The maximum Gasteiger partial charge on any atom is 0.314 e. The number of aryl methyl sites for hydroxylation is 1. The minimum atomic E-state index is -0.839. The van der Waals surface area contributed by atoms with Crippen molar-refractivity contribution >= 4 is 17.6 Å². The molecule has 5 heteroatoms. The van der Waals surface area contributed by atoms with Gasteiger partial charge in [0, 0.05) is 12.6 Å². The van der Waals surface area contributed by atoms with Crippen molar-refractivity contribution in [1.82, 2.24) is 10.6 Å². The molecule has 16 heavy (non-hydrogen) atoms. The number of nitrogens with one attached hydrogen (secondary N) is 3. The summed E-state index contributed by atoms with van der Waals surface area (Å²) in [5, 5.41) is 12.0. The van der Waals surface area contributed by atoms with Crippen LogP contribution in [-0.4, -0.2) is 24.7 Å². The second-order valence-electron chi connectivity index (χ2n) is 3.28. The van der Waals surface area contributed by atoms with Crippen LogP contribution in [0.4, 0.5) is 0 Å². The molecule has 0 saturated carbocycles. The summed E-state index contributed by atoms with van der Waals surface area (Å²) in [6, 6.07) is 7.12. The summed E-state index contributed by atoms with van der Waals surface area (Å²) >= 11 is 0. The topological polar surface area (TPSA) is 82.1 Å². The van der Waals surface area contributed by atoms with Gasteiger partial charge in [-0.15, -0.1) is 0 Å². The molecule has 0 heterocycles. The minimum absolute atomic E-state index is 0.0858. The average molecular weight is 219 g/mol. The Morgan fingerprint density at radius 2 is 1.94 bits per heavy atom. The Bertz CT molecular complexity index is 441. The molecule has 0 aromatic heterocycles. The molecule has 2 amide bonds. The number of rotatable bonds is 1. The van der Waals surface area contributed by atoms with Gasteiger partial charge in [0.25, 0.3) is 0 Å². The van der Waals surface area contributed by atoms with Gasteiger partial charge in [-0.25, -0.2) is 0 Å². The minimum Gasteiger partial charge on any atom is -0.351 e. The first-order valence-electron chi connectivity index (χ1n) is 4.73. The number of hydrogen-bond donors (Lipinski definition) is 3. The Labute approximate surface area is 93.4 Å². The lowest BCUT2D eigenvalue weighted by Crippen LogP contribution is -2.41. The van der Waals surface area contributed by atoms with Crippen molar-refractivity contribution in [3.05, 3.63) is 35.4 Å². The van der Waals surface area contributed by atoms with Crippen LogP contribution >= 0.6 is 0 Å². The molecule has 0 radical (unpaired) electrons. The molecule has 1 aromatic rings. The number of amides is 2. The van der Waals surface area contributed by atoms with E-state index in [-0.39, 0.29) is 5.84 Å². The average Bonchev–Trinajstić information content (AvgIpc) is 2.27. The highest BCUT2D eigenvalue weighted by atomic mass is 16.2. The van der Waals surface area contributed by atoms with Gasteiger partial charge in [-0.2, -0.15) is 0 Å². The number of likely N-dealkylation sites (N-methyl/N-ethyl adjacent to an activating group) is 1. The lowest BCUT2D eigenvalue weighted by atomic mass is 10.1. The van der Waals surface area contributed by atoms with Crippen LogP contribution in [0.5, 0.6) is 0 Å². The molecule has 0 atom stereocenters. The number of carbonyl (C=O) groups is 2. The van der Waals surface area contributed by atoms with Gasteiger partial charge in [-0.05, 0) is 13.0 Å². The molecular weight excluding hydrogens is 206 g/mol. The van der Waals surface area contributed by atoms with E-state index in [0.717, 1.165) is 5.56 Å². The molecule has 0 aliphatic carbocycles. The molecule has 0 spiro atoms. The van der Waals surface area contributed by atoms with E-state index in [1.54, 1.807) is 18.2 Å². The highest BCUT2D eigenvalue weighted by Crippen LogP contribution is 2.03. The van der Waals surface area contributed by atoms with Crippen molar-refractivity contribution in [3.63, 3.8) is 0 Å². The normalized spacial score (nSPS) is 9.38. The Balaban J connectivity index is 2.73. The van der Waals surface area contributed by atoms with Gasteiger partial charge in [-0.3, -0.25) is 15.0 Å². The number of carbonyl (C=O) groups excluding carboxylic acids is 2. The van der Waals surface area contributed by atoms with Crippen LogP contribution in [-0.2, 0) is 9.59 Å². The fourth-order valence-electron chi connectivity index (χ4n) is 1.16. The van der Waals surface area contributed by atoms with Crippen LogP contribution in [0.15, 0.2) is 24.3 Å². The molecule has 0 unspecified atom stereocenters. The van der Waals surface area contributed by atoms with Crippen LogP contribution in [0.1, 0.15) is 11.1 Å². The van der Waals surface area contributed by atoms with E-state index >= 15 is 0 Å². The van der Waals surface area contributed by atoms with Crippen molar-refractivity contribution in [1.29, 1.82) is 5.41 Å². The SMILES string of the molecule is CNC(=O)C(=O)NC(=N)c1cccc(C)c1. The van der Waals surface area contributed by atoms with Crippen molar-refractivity contribution in [2.45, 2.75) is 6.92 Å². The van der Waals surface area contributed by atoms with Crippen LogP contribution in [0, 0.1) is 12.3 Å². The fraction of sp³-hybridized carbons (Fsp3) is 0.182. The zero-order chi connectivity index (χ0) is 12.1. The van der Waals surface area contributed by atoms with Gasteiger partial charge in [0.15, 0.2) is 0 Å². The summed E-state index contributed by atoms with van der Waals surface area (Å²) in [5.74, 6) is -1.69. The molecule has 1 aromatic carbocycles. The lowest BCUT2D eigenvalue weighted by molar-refractivity contribution is -0.138. The number of amidine groups is 1. The first-order valence-corrected chi connectivity index (χ1v) is 4.73. The standard InChI is InChI=1S/C11H13N3O2/c1-7-4-3-5-8(6-7)9(12)14-11(16)10(15)13-2/h3-6H,1-2H3,(H,13,15)(H2,12,14,16). The summed E-state index contributed by atoms with van der Waals surface area (Å²) in [5.41, 5.74) is 1.55. The predicted octanol–water partition coefficient (Wildman–Crippen LogP) is 0.183. The van der Waals surface area contributed by atoms with Crippen molar-refractivity contribution in [2.24, 2.45) is 0 Å². The zero-order valence-corrected chi connectivity index (χ0v) is 9.13. The van der Waals surface area contributed by atoms with Gasteiger partial charge in [-0.1, -0.05) is 23.8 Å². The molecule has 1 rings (SSSR count). The third-order valence-corrected chi connectivity index (χ3v) is 1.98. The summed E-state index contributed by atoms with van der Waals surface area (Å²) in [6.07, 6.45) is 0. The first kappa shape index (κ1) is 11.9. The van der Waals surface area contributed by atoms with Gasteiger partial charge in [0.2, 0.25) is 0 Å². The maximum absolute atomic E-state index is 11.2. The molecule has 0 bridgehead atoms. The largest absolute Gasteiger partial charge is 0.351 e. The first-order chi connectivity index (χ1) is 7.54. The van der Waals surface area contributed by atoms with Gasteiger partial charge >= 0.3 is 11.8 Å². The second-order valence-corrected chi connectivity index (χ2v) is 3.28. The Hall–Kier alpha value is -2.17. The third-order valence-electron chi connectivity index (χ3n) is 1.98. The third kappa shape index (κ3) is 2.91. The van der Waals surface area contributed by atoms with E-state index < -0.39 is 11.8 Å². The van der Waals surface area contributed by atoms with Crippen molar-refractivity contribution in [3.8, 4) is 0 Å². The predicted molar refractivity (Wildman–Crippen MR) is 60.2 cm³/mol. The van der Waals surface area contributed by atoms with Crippen molar-refractivity contribution < 1.29 is 9.59 Å². The molecule has 3 N–H and O–H groups in total. The highest BCUT2D eigenvalue weighted by molar-refractivity contribution is 6.38. The second kappa shape index (κ2) is 5.06. The molecule has 5 nitrogen and oxygen atoms in total. The molecule has 0 aliphatic rings. The lowest BCUT2D eigenvalue weighted by Gasteiger charge is -2.06. The van der Waals surface area contributed by atoms with E-state index in [4.69, 9.17) is 5.41 Å². The fourth-order valence-corrected chi connectivity index (χ4v) is 1.16. The van der Waals surface area contributed by atoms with Crippen LogP contribution < -0.4 is 10.6 Å². The van der Waals surface area contributed by atoms with E-state index in [1.165, 1.54) is 7.05 Å². The van der Waals surface area contributed by atoms with Crippen LogP contribution in [0.3, 0.4) is 0 Å². The molecule has 0 fully saturated rings. The Morgan fingerprint density at radius 1 is 1.25 bits per heavy atom. The van der Waals surface area contributed by atoms with Gasteiger partial charge in [0.1, 0.15) is 5.84 Å². The van der Waals surface area contributed by atoms with Crippen molar-refractivity contribution in [2.75, 3.05) is 7.05 Å². The molecule has 84 valence electrons. The van der Waals surface area contributed by atoms with Crippen LogP contribution in [0.25, 0.3) is 0 Å². The Morgan fingerprint density at radius 3 is 2.50 bits per heavy atom. The van der Waals surface area contributed by atoms with E-state index in [9.17, 15) is 9.59 Å². The maximum atomic E-state index is 11.2. The molecular formula is C11H13N3O2. The van der Waals surface area contributed by atoms with E-state index in [1.807, 2.05) is 13.0 Å². The summed E-state index contributed by atoms with van der Waals surface area (Å²) < 4.78 is 0. The number of benzene rings is 1. The number of hydrogen-bond acceptors (Lipinski definition) is 3. The highest BCUT2D eigenvalue weighted by Gasteiger charge is 2.13. The monoisotopic (exact) mass is 219 g/mol. The van der Waals surface area contributed by atoms with E-state index in [0.29, 0.717) is 5.56 Å². The zero-order valence-electron chi connectivity index (χ0n) is 9.13. The quantitative estimate of drug-likeness (QED) is 0.358. The van der Waals surface area contributed by atoms with E-state index in [2.05, 4.69) is 10.6 Å². The summed E-state index contributed by atoms with van der Waals surface area (Å²) in [4.78, 5) is 22.1. The summed E-state index contributed by atoms with van der Waals surface area (Å²) in [7, 11) is 1.36. The Kier molecular flexibility index (Phi) is 3.77. The smallest absolute Gasteiger partial charge is 0.314 e. The molecule has 0 aliphatic heterocycles. The van der Waals surface area contributed by atoms with Gasteiger partial charge < -0.3 is 10.6 Å². The summed E-state index contributed by atoms with van der Waals surface area (Å²) in [6.45, 7) is 1.89. The van der Waals surface area contributed by atoms with Gasteiger partial charge in [0.05, 0.1) is 0 Å². The van der Waals surface area contributed by atoms with Crippen LogP contribution in [0.2, 0.25) is 0 Å².